The van der Waals surface area contributed by atoms with Gasteiger partial charge in [0.1, 0.15) is 5.60 Å². The Morgan fingerprint density at radius 3 is 2.20 bits per heavy atom. The molecular formula is C21H24ClNO2. The first kappa shape index (κ1) is 17.8. The van der Waals surface area contributed by atoms with Gasteiger partial charge in [-0.05, 0) is 67.9 Å². The SMILES string of the molecule is CC(C)(C)OC(=O)NC[C@@H]1C[C@H]1c1ccc(-c2ccc(Cl)cc2)cc1. The third kappa shape index (κ3) is 4.99. The van der Waals surface area contributed by atoms with Crippen molar-refractivity contribution in [3.05, 3.63) is 59.1 Å². The normalized spacial score (nSPS) is 19.4. The van der Waals surface area contributed by atoms with Crippen LogP contribution in [-0.2, 0) is 4.74 Å². The van der Waals surface area contributed by atoms with Crippen LogP contribution in [0.1, 0.15) is 38.7 Å². The number of alkyl carbamates (subject to hydrolysis) is 1. The van der Waals surface area contributed by atoms with Crippen LogP contribution < -0.4 is 5.32 Å². The first-order valence-corrected chi connectivity index (χ1v) is 9.02. The lowest BCUT2D eigenvalue weighted by Gasteiger charge is -2.19. The van der Waals surface area contributed by atoms with Crippen LogP contribution in [-0.4, -0.2) is 18.2 Å². The van der Waals surface area contributed by atoms with Gasteiger partial charge in [0.2, 0.25) is 0 Å². The molecule has 3 rings (SSSR count). The van der Waals surface area contributed by atoms with E-state index >= 15 is 0 Å². The van der Waals surface area contributed by atoms with Crippen molar-refractivity contribution in [1.82, 2.24) is 5.32 Å². The van der Waals surface area contributed by atoms with Gasteiger partial charge in [0.05, 0.1) is 0 Å². The van der Waals surface area contributed by atoms with E-state index in [0.717, 1.165) is 17.0 Å². The minimum atomic E-state index is -0.454. The summed E-state index contributed by atoms with van der Waals surface area (Å²) in [6.07, 6.45) is 0.770. The molecule has 25 heavy (non-hydrogen) atoms. The number of benzene rings is 2. The number of nitrogens with one attached hydrogen (secondary N) is 1. The van der Waals surface area contributed by atoms with Crippen molar-refractivity contribution >= 4 is 17.7 Å². The molecule has 132 valence electrons. The Morgan fingerprint density at radius 2 is 1.64 bits per heavy atom. The van der Waals surface area contributed by atoms with Crippen LogP contribution in [0, 0.1) is 5.92 Å². The van der Waals surface area contributed by atoms with Gasteiger partial charge in [-0.2, -0.15) is 0 Å². The first-order valence-electron chi connectivity index (χ1n) is 8.64. The van der Waals surface area contributed by atoms with Gasteiger partial charge in [0.25, 0.3) is 0 Å². The van der Waals surface area contributed by atoms with Crippen molar-refractivity contribution in [1.29, 1.82) is 0 Å². The number of hydrogen-bond donors (Lipinski definition) is 1. The highest BCUT2D eigenvalue weighted by Crippen LogP contribution is 2.47. The van der Waals surface area contributed by atoms with E-state index in [0.29, 0.717) is 18.4 Å². The maximum atomic E-state index is 11.7. The van der Waals surface area contributed by atoms with E-state index in [-0.39, 0.29) is 6.09 Å². The van der Waals surface area contributed by atoms with E-state index in [4.69, 9.17) is 16.3 Å². The molecule has 1 aliphatic rings. The molecule has 0 spiro atoms. The molecule has 1 aliphatic carbocycles. The van der Waals surface area contributed by atoms with Gasteiger partial charge in [-0.15, -0.1) is 0 Å². The number of ether oxygens (including phenoxy) is 1. The van der Waals surface area contributed by atoms with Gasteiger partial charge in [-0.3, -0.25) is 0 Å². The Hall–Kier alpha value is -2.00. The molecular weight excluding hydrogens is 334 g/mol. The molecule has 1 saturated carbocycles. The van der Waals surface area contributed by atoms with Gasteiger partial charge in [0, 0.05) is 11.6 Å². The van der Waals surface area contributed by atoms with Crippen LogP contribution in [0.5, 0.6) is 0 Å². The highest BCUT2D eigenvalue weighted by molar-refractivity contribution is 6.30. The van der Waals surface area contributed by atoms with Gasteiger partial charge in [-0.25, -0.2) is 4.79 Å². The van der Waals surface area contributed by atoms with E-state index in [1.165, 1.54) is 11.1 Å². The second kappa shape index (κ2) is 7.09. The molecule has 0 aromatic heterocycles. The minimum absolute atomic E-state index is 0.337. The third-order valence-electron chi connectivity index (χ3n) is 4.35. The largest absolute Gasteiger partial charge is 0.444 e. The van der Waals surface area contributed by atoms with Gasteiger partial charge >= 0.3 is 6.09 Å². The van der Waals surface area contributed by atoms with Crippen molar-refractivity contribution in [2.75, 3.05) is 6.54 Å². The van der Waals surface area contributed by atoms with Crippen molar-refractivity contribution in [3.8, 4) is 11.1 Å². The minimum Gasteiger partial charge on any atom is -0.444 e. The molecule has 4 heteroatoms. The second-order valence-electron chi connectivity index (χ2n) is 7.61. The zero-order valence-electron chi connectivity index (χ0n) is 14.9. The van der Waals surface area contributed by atoms with Crippen LogP contribution in [0.3, 0.4) is 0 Å². The number of carbonyl (C=O) groups excluding carboxylic acids is 1. The zero-order valence-corrected chi connectivity index (χ0v) is 15.6. The van der Waals surface area contributed by atoms with Crippen molar-refractivity contribution in [2.45, 2.75) is 38.7 Å². The number of halogens is 1. The number of carbonyl (C=O) groups is 1. The summed E-state index contributed by atoms with van der Waals surface area (Å²) in [5.41, 5.74) is 3.22. The standard InChI is InChI=1S/C21H24ClNO2/c1-21(2,3)25-20(24)23-13-17-12-19(17)16-6-4-14(5-7-16)15-8-10-18(22)11-9-15/h4-11,17,19H,12-13H2,1-3H3,(H,23,24)/t17-,19-/m0/s1. The summed E-state index contributed by atoms with van der Waals surface area (Å²) in [4.78, 5) is 11.7. The molecule has 2 aromatic carbocycles. The number of amides is 1. The van der Waals surface area contributed by atoms with E-state index in [1.807, 2.05) is 45.0 Å². The first-order chi connectivity index (χ1) is 11.8. The Bertz CT molecular complexity index is 732. The van der Waals surface area contributed by atoms with Crippen molar-refractivity contribution in [3.63, 3.8) is 0 Å². The van der Waals surface area contributed by atoms with Crippen LogP contribution in [0.2, 0.25) is 5.02 Å². The molecule has 0 saturated heterocycles. The molecule has 1 N–H and O–H groups in total. The molecule has 2 atom stereocenters. The summed E-state index contributed by atoms with van der Waals surface area (Å²) in [6, 6.07) is 16.5. The van der Waals surface area contributed by atoms with Crippen LogP contribution in [0.4, 0.5) is 4.79 Å². The Kier molecular flexibility index (Phi) is 5.05. The molecule has 3 nitrogen and oxygen atoms in total. The predicted molar refractivity (Wildman–Crippen MR) is 102 cm³/mol. The van der Waals surface area contributed by atoms with E-state index in [2.05, 4.69) is 29.6 Å². The van der Waals surface area contributed by atoms with Crippen molar-refractivity contribution in [2.24, 2.45) is 5.92 Å². The zero-order chi connectivity index (χ0) is 18.0. The highest BCUT2D eigenvalue weighted by atomic mass is 35.5. The second-order valence-corrected chi connectivity index (χ2v) is 8.05. The van der Waals surface area contributed by atoms with Gasteiger partial charge < -0.3 is 10.1 Å². The third-order valence-corrected chi connectivity index (χ3v) is 4.60. The Balaban J connectivity index is 1.52. The average molecular weight is 358 g/mol. The molecule has 0 radical (unpaired) electrons. The average Bonchev–Trinajstić information content (AvgIpc) is 3.32. The van der Waals surface area contributed by atoms with Gasteiger partial charge in [-0.1, -0.05) is 48.0 Å². The quantitative estimate of drug-likeness (QED) is 0.769. The Labute approximate surface area is 154 Å². The monoisotopic (exact) mass is 357 g/mol. The maximum absolute atomic E-state index is 11.7. The summed E-state index contributed by atoms with van der Waals surface area (Å²) >= 11 is 5.94. The van der Waals surface area contributed by atoms with Crippen molar-refractivity contribution < 1.29 is 9.53 Å². The van der Waals surface area contributed by atoms with Gasteiger partial charge in [0.15, 0.2) is 0 Å². The highest BCUT2D eigenvalue weighted by Gasteiger charge is 2.38. The number of rotatable bonds is 4. The molecule has 1 amide bonds. The molecule has 2 aromatic rings. The predicted octanol–water partition coefficient (Wildman–Crippen LogP) is 5.64. The smallest absolute Gasteiger partial charge is 0.407 e. The van der Waals surface area contributed by atoms with Crippen LogP contribution >= 0.6 is 11.6 Å². The van der Waals surface area contributed by atoms with Crippen LogP contribution in [0.25, 0.3) is 11.1 Å². The molecule has 0 aliphatic heterocycles. The van der Waals surface area contributed by atoms with E-state index in [9.17, 15) is 4.79 Å². The summed E-state index contributed by atoms with van der Waals surface area (Å²) in [5.74, 6) is 1.02. The fraction of sp³-hybridized carbons (Fsp3) is 0.381. The summed E-state index contributed by atoms with van der Waals surface area (Å²) in [7, 11) is 0. The lowest BCUT2D eigenvalue weighted by molar-refractivity contribution is 0.0525. The molecule has 0 heterocycles. The Morgan fingerprint density at radius 1 is 1.08 bits per heavy atom. The van der Waals surface area contributed by atoms with Crippen LogP contribution in [0.15, 0.2) is 48.5 Å². The molecule has 0 bridgehead atoms. The van der Waals surface area contributed by atoms with E-state index in [1.54, 1.807) is 0 Å². The summed E-state index contributed by atoms with van der Waals surface area (Å²) in [6.45, 7) is 6.27. The molecule has 1 fully saturated rings. The summed E-state index contributed by atoms with van der Waals surface area (Å²) < 4.78 is 5.27. The summed E-state index contributed by atoms with van der Waals surface area (Å²) in [5, 5.41) is 3.62. The number of hydrogen-bond acceptors (Lipinski definition) is 2. The topological polar surface area (TPSA) is 38.3 Å². The van der Waals surface area contributed by atoms with E-state index < -0.39 is 5.60 Å². The fourth-order valence-corrected chi connectivity index (χ4v) is 3.10. The fourth-order valence-electron chi connectivity index (χ4n) is 2.98. The molecule has 0 unspecified atom stereocenters. The maximum Gasteiger partial charge on any atom is 0.407 e. The lowest BCUT2D eigenvalue weighted by atomic mass is 10.0. The lowest BCUT2D eigenvalue weighted by Crippen LogP contribution is -2.33.